The number of carbonyl (C=O) groups excluding carboxylic acids is 4. The molecule has 1 saturated carbocycles. The number of ketones is 1. The summed E-state index contributed by atoms with van der Waals surface area (Å²) in [6.07, 6.45) is 4.82. The van der Waals surface area contributed by atoms with Gasteiger partial charge in [-0.25, -0.2) is 4.79 Å². The predicted molar refractivity (Wildman–Crippen MR) is 97.3 cm³/mol. The van der Waals surface area contributed by atoms with Crippen LogP contribution in [0.1, 0.15) is 23.7 Å². The van der Waals surface area contributed by atoms with Gasteiger partial charge in [-0.3, -0.25) is 19.3 Å². The van der Waals surface area contributed by atoms with Crippen molar-refractivity contribution in [3.8, 4) is 5.75 Å². The number of allylic oxidation sites excluding steroid dienone is 2. The van der Waals surface area contributed by atoms with Crippen LogP contribution < -0.4 is 4.74 Å². The Morgan fingerprint density at radius 1 is 1.14 bits per heavy atom. The van der Waals surface area contributed by atoms with Crippen molar-refractivity contribution in [2.24, 2.45) is 23.7 Å². The highest BCUT2D eigenvalue weighted by atomic mass is 16.5. The molecule has 5 atom stereocenters. The average Bonchev–Trinajstić information content (AvgIpc) is 3.39. The predicted octanol–water partition coefficient (Wildman–Crippen LogP) is 1.62. The van der Waals surface area contributed by atoms with Crippen molar-refractivity contribution in [3.63, 3.8) is 0 Å². The lowest BCUT2D eigenvalue weighted by atomic mass is 9.85. The van der Waals surface area contributed by atoms with Crippen LogP contribution in [0.25, 0.3) is 0 Å². The summed E-state index contributed by atoms with van der Waals surface area (Å²) in [5.74, 6) is -1.83. The normalized spacial score (nSPS) is 28.4. The Morgan fingerprint density at radius 2 is 1.79 bits per heavy atom. The largest absolute Gasteiger partial charge is 0.497 e. The topological polar surface area (TPSA) is 90.0 Å². The van der Waals surface area contributed by atoms with E-state index in [0.717, 1.165) is 11.3 Å². The van der Waals surface area contributed by atoms with Crippen molar-refractivity contribution >= 4 is 23.6 Å². The van der Waals surface area contributed by atoms with E-state index in [1.807, 2.05) is 12.2 Å². The molecule has 1 aliphatic heterocycles. The Kier molecular flexibility index (Phi) is 4.53. The molecule has 2 bridgehead atoms. The Bertz CT molecular complexity index is 861. The summed E-state index contributed by atoms with van der Waals surface area (Å²) >= 11 is 0. The van der Waals surface area contributed by atoms with Crippen LogP contribution in [0.15, 0.2) is 36.4 Å². The molecule has 0 spiro atoms. The van der Waals surface area contributed by atoms with Crippen LogP contribution in [0.5, 0.6) is 5.75 Å². The van der Waals surface area contributed by atoms with E-state index in [9.17, 15) is 19.2 Å². The van der Waals surface area contributed by atoms with E-state index in [1.165, 1.54) is 14.0 Å². The highest BCUT2D eigenvalue weighted by Crippen LogP contribution is 2.52. The zero-order valence-corrected chi connectivity index (χ0v) is 15.7. The maximum atomic E-state index is 12.7. The number of nitrogens with zero attached hydrogens (tertiary/aromatic N) is 1. The Morgan fingerprint density at radius 3 is 2.39 bits per heavy atom. The molecular formula is C21H21NO6. The fourth-order valence-electron chi connectivity index (χ4n) is 4.55. The summed E-state index contributed by atoms with van der Waals surface area (Å²) < 4.78 is 10.2. The third-order valence-corrected chi connectivity index (χ3v) is 5.97. The van der Waals surface area contributed by atoms with Crippen molar-refractivity contribution in [1.82, 2.24) is 4.90 Å². The third-order valence-electron chi connectivity index (χ3n) is 5.97. The van der Waals surface area contributed by atoms with Crippen LogP contribution in [-0.2, 0) is 19.1 Å². The molecule has 2 aliphatic carbocycles. The van der Waals surface area contributed by atoms with E-state index < -0.39 is 24.4 Å². The number of fused-ring (bicyclic) bond motifs is 5. The molecule has 7 nitrogen and oxygen atoms in total. The molecule has 2 fully saturated rings. The first-order chi connectivity index (χ1) is 13.4. The molecule has 1 saturated heterocycles. The zero-order valence-electron chi connectivity index (χ0n) is 15.7. The first kappa shape index (κ1) is 18.4. The number of likely N-dealkylation sites (tertiary alicyclic amines) is 1. The average molecular weight is 383 g/mol. The van der Waals surface area contributed by atoms with Gasteiger partial charge in [-0.15, -0.1) is 0 Å². The lowest BCUT2D eigenvalue weighted by molar-refractivity contribution is -0.157. The zero-order chi connectivity index (χ0) is 20.0. The fourth-order valence-corrected chi connectivity index (χ4v) is 4.55. The number of amides is 2. The Hall–Kier alpha value is -2.96. The quantitative estimate of drug-likeness (QED) is 0.321. The number of esters is 1. The molecule has 1 aromatic rings. The summed E-state index contributed by atoms with van der Waals surface area (Å²) in [4.78, 5) is 51.2. The van der Waals surface area contributed by atoms with Crippen LogP contribution in [0.4, 0.5) is 0 Å². The molecule has 4 rings (SSSR count). The van der Waals surface area contributed by atoms with E-state index in [2.05, 4.69) is 0 Å². The monoisotopic (exact) mass is 383 g/mol. The number of hydrogen-bond donors (Lipinski definition) is 0. The van der Waals surface area contributed by atoms with Gasteiger partial charge in [0.05, 0.1) is 18.9 Å². The van der Waals surface area contributed by atoms with Gasteiger partial charge < -0.3 is 9.47 Å². The minimum atomic E-state index is -1.05. The number of imide groups is 1. The van der Waals surface area contributed by atoms with Crippen molar-refractivity contribution in [1.29, 1.82) is 0 Å². The first-order valence-electron chi connectivity index (χ1n) is 9.31. The summed E-state index contributed by atoms with van der Waals surface area (Å²) in [5.41, 5.74) is 0.352. The highest BCUT2D eigenvalue weighted by Gasteiger charge is 2.60. The van der Waals surface area contributed by atoms with Crippen LogP contribution in [-0.4, -0.2) is 48.2 Å². The number of ether oxygens (including phenoxy) is 2. The van der Waals surface area contributed by atoms with Gasteiger partial charge in [0, 0.05) is 5.56 Å². The molecular weight excluding hydrogens is 362 g/mol. The summed E-state index contributed by atoms with van der Waals surface area (Å²) in [6.45, 7) is 0.997. The van der Waals surface area contributed by atoms with E-state index in [4.69, 9.17) is 9.47 Å². The molecule has 0 unspecified atom stereocenters. The van der Waals surface area contributed by atoms with Gasteiger partial charge in [-0.05, 0) is 37.3 Å². The highest BCUT2D eigenvalue weighted by molar-refractivity contribution is 6.09. The fraction of sp³-hybridized carbons (Fsp3) is 0.429. The van der Waals surface area contributed by atoms with Crippen LogP contribution in [0, 0.1) is 23.7 Å². The van der Waals surface area contributed by atoms with Gasteiger partial charge in [0.2, 0.25) is 11.8 Å². The number of Topliss-reactive ketones (excluding diaryl/α,β-unsaturated/α-hetero) is 1. The van der Waals surface area contributed by atoms with Gasteiger partial charge in [0.15, 0.2) is 12.4 Å². The maximum Gasteiger partial charge on any atom is 0.329 e. The van der Waals surface area contributed by atoms with Crippen molar-refractivity contribution in [3.05, 3.63) is 42.0 Å². The third kappa shape index (κ3) is 2.82. The SMILES string of the molecule is COc1cccc(C(=O)COC(=O)[C@@H](C)N2C(=O)[C@@H]3[C@H](C2=O)[C@H]2C=C[C@H]3C2)c1. The number of rotatable bonds is 6. The molecule has 3 aliphatic rings. The number of hydrogen-bond acceptors (Lipinski definition) is 6. The van der Waals surface area contributed by atoms with Crippen LogP contribution in [0.2, 0.25) is 0 Å². The Labute approximate surface area is 162 Å². The second kappa shape index (κ2) is 6.89. The summed E-state index contributed by atoms with van der Waals surface area (Å²) in [5, 5.41) is 0. The van der Waals surface area contributed by atoms with Crippen LogP contribution >= 0.6 is 0 Å². The number of benzene rings is 1. The van der Waals surface area contributed by atoms with Crippen LogP contribution in [0.3, 0.4) is 0 Å². The first-order valence-corrected chi connectivity index (χ1v) is 9.31. The molecule has 0 radical (unpaired) electrons. The van der Waals surface area contributed by atoms with Gasteiger partial charge in [-0.2, -0.15) is 0 Å². The van der Waals surface area contributed by atoms with Gasteiger partial charge in [0.1, 0.15) is 11.8 Å². The second-order valence-electron chi connectivity index (χ2n) is 7.49. The molecule has 1 aromatic carbocycles. The molecule has 1 heterocycles. The van der Waals surface area contributed by atoms with Crippen molar-refractivity contribution in [2.45, 2.75) is 19.4 Å². The van der Waals surface area contributed by atoms with E-state index in [0.29, 0.717) is 11.3 Å². The maximum absolute atomic E-state index is 12.7. The molecule has 7 heteroatoms. The molecule has 28 heavy (non-hydrogen) atoms. The van der Waals surface area contributed by atoms with E-state index in [1.54, 1.807) is 24.3 Å². The lowest BCUT2D eigenvalue weighted by Crippen LogP contribution is -2.45. The summed E-state index contributed by atoms with van der Waals surface area (Å²) in [6, 6.07) is 5.47. The van der Waals surface area contributed by atoms with Gasteiger partial charge >= 0.3 is 5.97 Å². The molecule has 0 N–H and O–H groups in total. The Balaban J connectivity index is 1.39. The number of methoxy groups -OCH3 is 1. The number of carbonyl (C=O) groups is 4. The van der Waals surface area contributed by atoms with Crippen molar-refractivity contribution < 1.29 is 28.7 Å². The van der Waals surface area contributed by atoms with Gasteiger partial charge in [-0.1, -0.05) is 24.3 Å². The van der Waals surface area contributed by atoms with Crippen molar-refractivity contribution in [2.75, 3.05) is 13.7 Å². The molecule has 2 amide bonds. The molecule has 0 aromatic heterocycles. The van der Waals surface area contributed by atoms with E-state index >= 15 is 0 Å². The minimum absolute atomic E-state index is 0.0781. The standard InChI is InChI=1S/C21H21NO6/c1-11(21(26)28-10-16(23)12-4-3-5-15(9-12)27-2)22-19(24)17-13-6-7-14(8-13)18(17)20(22)25/h3-7,9,11,13-14,17-18H,8,10H2,1-2H3/t11-,13+,14+,17-,18+/m1/s1. The lowest BCUT2D eigenvalue weighted by Gasteiger charge is -2.23. The smallest absolute Gasteiger partial charge is 0.329 e. The van der Waals surface area contributed by atoms with Gasteiger partial charge in [0.25, 0.3) is 0 Å². The second-order valence-corrected chi connectivity index (χ2v) is 7.49. The molecule has 146 valence electrons. The summed E-state index contributed by atoms with van der Waals surface area (Å²) in [7, 11) is 1.49. The van der Waals surface area contributed by atoms with E-state index in [-0.39, 0.29) is 35.5 Å². The minimum Gasteiger partial charge on any atom is -0.497 e.